The van der Waals surface area contributed by atoms with Crippen LogP contribution in [0.25, 0.3) is 0 Å². The maximum atomic E-state index is 10.4. The summed E-state index contributed by atoms with van der Waals surface area (Å²) in [6.45, 7) is 2.13. The average molecular weight is 146 g/mol. The van der Waals surface area contributed by atoms with Crippen LogP contribution < -0.4 is 11.5 Å². The Bertz CT molecular complexity index is 106. The molecule has 1 atom stereocenters. The third kappa shape index (κ3) is 4.29. The summed E-state index contributed by atoms with van der Waals surface area (Å²) in [5.74, 6) is -0.399. The molecule has 0 heterocycles. The summed E-state index contributed by atoms with van der Waals surface area (Å²) in [6.07, 6.45) is 0.803. The molecule has 0 aromatic carbocycles. The summed E-state index contributed by atoms with van der Waals surface area (Å²) in [6, 6.07) is -0.0597. The van der Waals surface area contributed by atoms with Gasteiger partial charge in [0.25, 0.3) is 0 Å². The summed E-state index contributed by atoms with van der Waals surface area (Å²) >= 11 is 0. The van der Waals surface area contributed by atoms with Gasteiger partial charge in [-0.1, -0.05) is 6.92 Å². The van der Waals surface area contributed by atoms with Crippen LogP contribution in [0, 0.1) is 0 Å². The molecule has 0 aliphatic carbocycles. The zero-order valence-corrected chi connectivity index (χ0v) is 6.17. The second kappa shape index (κ2) is 5.20. The minimum Gasteiger partial charge on any atom is -0.463 e. The van der Waals surface area contributed by atoms with E-state index in [0.717, 1.165) is 6.42 Å². The van der Waals surface area contributed by atoms with Gasteiger partial charge >= 0.3 is 5.97 Å². The van der Waals surface area contributed by atoms with Crippen LogP contribution >= 0.6 is 0 Å². The van der Waals surface area contributed by atoms with Gasteiger partial charge in [-0.05, 0) is 6.42 Å². The van der Waals surface area contributed by atoms with Crippen molar-refractivity contribution in [3.05, 3.63) is 0 Å². The molecule has 0 fully saturated rings. The van der Waals surface area contributed by atoms with Gasteiger partial charge in [0.2, 0.25) is 0 Å². The number of carbonyl (C=O) groups is 1. The molecule has 0 unspecified atom stereocenters. The first-order valence-corrected chi connectivity index (χ1v) is 3.32. The molecule has 0 bridgehead atoms. The van der Waals surface area contributed by atoms with E-state index in [-0.39, 0.29) is 19.2 Å². The van der Waals surface area contributed by atoms with Gasteiger partial charge in [0, 0.05) is 6.04 Å². The molecule has 4 nitrogen and oxygen atoms in total. The zero-order valence-electron chi connectivity index (χ0n) is 6.17. The van der Waals surface area contributed by atoms with Gasteiger partial charge in [-0.2, -0.15) is 0 Å². The first-order chi connectivity index (χ1) is 4.70. The molecular formula is C6H14N2O2. The van der Waals surface area contributed by atoms with Crippen LogP contribution in [0.3, 0.4) is 0 Å². The lowest BCUT2D eigenvalue weighted by Gasteiger charge is -2.07. The number of esters is 1. The largest absolute Gasteiger partial charge is 0.463 e. The molecular weight excluding hydrogens is 132 g/mol. The Labute approximate surface area is 60.5 Å². The summed E-state index contributed by atoms with van der Waals surface area (Å²) in [5.41, 5.74) is 10.4. The minimum atomic E-state index is -0.399. The van der Waals surface area contributed by atoms with Crippen LogP contribution in [0.1, 0.15) is 13.3 Å². The number of hydrogen-bond donors (Lipinski definition) is 2. The summed E-state index contributed by atoms with van der Waals surface area (Å²) in [5, 5.41) is 0. The highest BCUT2D eigenvalue weighted by atomic mass is 16.5. The number of hydrogen-bond acceptors (Lipinski definition) is 4. The van der Waals surface area contributed by atoms with Crippen molar-refractivity contribution in [2.24, 2.45) is 11.5 Å². The predicted octanol–water partition coefficient (Wildman–Crippen LogP) is -0.774. The fourth-order valence-corrected chi connectivity index (χ4v) is 0.377. The maximum absolute atomic E-state index is 10.4. The molecule has 0 aromatic heterocycles. The van der Waals surface area contributed by atoms with E-state index in [1.807, 2.05) is 6.92 Å². The van der Waals surface area contributed by atoms with E-state index in [9.17, 15) is 4.79 Å². The van der Waals surface area contributed by atoms with Gasteiger partial charge in [0.05, 0.1) is 6.54 Å². The number of ether oxygens (including phenoxy) is 1. The second-order valence-corrected chi connectivity index (χ2v) is 2.06. The van der Waals surface area contributed by atoms with Crippen molar-refractivity contribution in [3.8, 4) is 0 Å². The summed E-state index contributed by atoms with van der Waals surface area (Å²) in [7, 11) is 0. The molecule has 0 radical (unpaired) electrons. The Kier molecular flexibility index (Phi) is 4.88. The number of carbonyl (C=O) groups excluding carboxylic acids is 1. The van der Waals surface area contributed by atoms with Crippen LogP contribution in [0.4, 0.5) is 0 Å². The maximum Gasteiger partial charge on any atom is 0.319 e. The Hall–Kier alpha value is -0.610. The molecule has 0 aliphatic rings. The van der Waals surface area contributed by atoms with Crippen LogP contribution in [0.2, 0.25) is 0 Å². The first kappa shape index (κ1) is 9.39. The van der Waals surface area contributed by atoms with Crippen molar-refractivity contribution < 1.29 is 9.53 Å². The van der Waals surface area contributed by atoms with Gasteiger partial charge in [0.1, 0.15) is 6.61 Å². The SMILES string of the molecule is CC[C@@H](N)COC(=O)CN. The zero-order chi connectivity index (χ0) is 7.98. The van der Waals surface area contributed by atoms with E-state index in [2.05, 4.69) is 4.74 Å². The van der Waals surface area contributed by atoms with Gasteiger partial charge in [0.15, 0.2) is 0 Å². The molecule has 4 N–H and O–H groups in total. The van der Waals surface area contributed by atoms with E-state index < -0.39 is 5.97 Å². The fraction of sp³-hybridized carbons (Fsp3) is 0.833. The number of nitrogens with two attached hydrogens (primary N) is 2. The van der Waals surface area contributed by atoms with E-state index in [1.54, 1.807) is 0 Å². The molecule has 10 heavy (non-hydrogen) atoms. The van der Waals surface area contributed by atoms with E-state index in [1.165, 1.54) is 0 Å². The predicted molar refractivity (Wildman–Crippen MR) is 38.3 cm³/mol. The molecule has 0 aliphatic heterocycles. The Morgan fingerprint density at radius 2 is 2.30 bits per heavy atom. The van der Waals surface area contributed by atoms with Crippen molar-refractivity contribution >= 4 is 5.97 Å². The summed E-state index contributed by atoms with van der Waals surface area (Å²) < 4.78 is 4.65. The van der Waals surface area contributed by atoms with Crippen molar-refractivity contribution in [1.82, 2.24) is 0 Å². The normalized spacial score (nSPS) is 12.7. The van der Waals surface area contributed by atoms with Gasteiger partial charge in [-0.15, -0.1) is 0 Å². The Morgan fingerprint density at radius 3 is 2.70 bits per heavy atom. The van der Waals surface area contributed by atoms with E-state index in [4.69, 9.17) is 11.5 Å². The van der Waals surface area contributed by atoms with Crippen LogP contribution in [-0.2, 0) is 9.53 Å². The molecule has 0 amide bonds. The van der Waals surface area contributed by atoms with E-state index >= 15 is 0 Å². The molecule has 0 saturated heterocycles. The Morgan fingerprint density at radius 1 is 1.70 bits per heavy atom. The van der Waals surface area contributed by atoms with Crippen molar-refractivity contribution in [3.63, 3.8) is 0 Å². The molecule has 60 valence electrons. The van der Waals surface area contributed by atoms with Crippen molar-refractivity contribution in [2.45, 2.75) is 19.4 Å². The smallest absolute Gasteiger partial charge is 0.319 e. The molecule has 0 saturated carbocycles. The van der Waals surface area contributed by atoms with E-state index in [0.29, 0.717) is 0 Å². The summed E-state index contributed by atoms with van der Waals surface area (Å²) in [4.78, 5) is 10.4. The lowest BCUT2D eigenvalue weighted by molar-refractivity contribution is -0.142. The lowest BCUT2D eigenvalue weighted by atomic mass is 10.3. The van der Waals surface area contributed by atoms with Gasteiger partial charge in [-0.3, -0.25) is 4.79 Å². The third-order valence-electron chi connectivity index (χ3n) is 1.15. The molecule has 0 spiro atoms. The molecule has 0 rings (SSSR count). The molecule has 4 heteroatoms. The molecule has 0 aromatic rings. The highest BCUT2D eigenvalue weighted by molar-refractivity contribution is 5.71. The fourth-order valence-electron chi connectivity index (χ4n) is 0.377. The third-order valence-corrected chi connectivity index (χ3v) is 1.15. The second-order valence-electron chi connectivity index (χ2n) is 2.06. The standard InChI is InChI=1S/C6H14N2O2/c1-2-5(8)4-10-6(9)3-7/h5H,2-4,7-8H2,1H3/t5-/m1/s1. The van der Waals surface area contributed by atoms with Crippen LogP contribution in [0.5, 0.6) is 0 Å². The van der Waals surface area contributed by atoms with Gasteiger partial charge < -0.3 is 16.2 Å². The van der Waals surface area contributed by atoms with Crippen molar-refractivity contribution in [2.75, 3.05) is 13.2 Å². The monoisotopic (exact) mass is 146 g/mol. The highest BCUT2D eigenvalue weighted by Crippen LogP contribution is 1.86. The quantitative estimate of drug-likeness (QED) is 0.510. The van der Waals surface area contributed by atoms with Gasteiger partial charge in [-0.25, -0.2) is 0 Å². The number of rotatable bonds is 4. The van der Waals surface area contributed by atoms with Crippen LogP contribution in [-0.4, -0.2) is 25.2 Å². The first-order valence-electron chi connectivity index (χ1n) is 3.32. The van der Waals surface area contributed by atoms with Crippen molar-refractivity contribution in [1.29, 1.82) is 0 Å². The van der Waals surface area contributed by atoms with Crippen LogP contribution in [0.15, 0.2) is 0 Å². The Balaban J connectivity index is 3.26. The minimum absolute atomic E-state index is 0.0597. The lowest BCUT2D eigenvalue weighted by Crippen LogP contribution is -2.28. The average Bonchev–Trinajstić information content (AvgIpc) is 1.99. The topological polar surface area (TPSA) is 78.3 Å². The highest BCUT2D eigenvalue weighted by Gasteiger charge is 2.02.